The molecule has 0 radical (unpaired) electrons. The number of hydrogen-bond donors (Lipinski definition) is 1. The van der Waals surface area contributed by atoms with E-state index in [9.17, 15) is 4.79 Å². The fourth-order valence-corrected chi connectivity index (χ4v) is 3.93. The maximum atomic E-state index is 11.3. The summed E-state index contributed by atoms with van der Waals surface area (Å²) in [4.78, 5) is 19.1. The number of fused-ring (bicyclic) bond motifs is 1. The summed E-state index contributed by atoms with van der Waals surface area (Å²) in [6, 6.07) is 0.396. The van der Waals surface area contributed by atoms with Crippen LogP contribution in [-0.2, 0) is 11.3 Å². The van der Waals surface area contributed by atoms with Crippen LogP contribution in [0.3, 0.4) is 0 Å². The lowest BCUT2D eigenvalue weighted by Gasteiger charge is -2.41. The second-order valence-electron chi connectivity index (χ2n) is 5.08. The number of nitrogens with zero attached hydrogens (tertiary/aromatic N) is 2. The normalized spacial score (nSPS) is 28.8. The van der Waals surface area contributed by atoms with Gasteiger partial charge in [0.25, 0.3) is 0 Å². The van der Waals surface area contributed by atoms with Crippen molar-refractivity contribution in [2.75, 3.05) is 13.1 Å². The zero-order chi connectivity index (χ0) is 12.5. The number of halogens is 1. The van der Waals surface area contributed by atoms with Crippen LogP contribution >= 0.6 is 22.9 Å². The number of thiazole rings is 1. The summed E-state index contributed by atoms with van der Waals surface area (Å²) in [5.41, 5.74) is 0. The number of amides is 1. The van der Waals surface area contributed by atoms with Gasteiger partial charge in [-0.05, 0) is 18.8 Å². The molecule has 1 N–H and O–H groups in total. The summed E-state index contributed by atoms with van der Waals surface area (Å²) in [6.07, 6.45) is 4.63. The third-order valence-electron chi connectivity index (χ3n) is 3.81. The molecule has 18 heavy (non-hydrogen) atoms. The standard InChI is InChI=1S/C12H16ClN3OS/c13-12-14-5-9(18-12)7-16-4-3-10-8(6-16)1-2-11(17)15-10/h5,8,10H,1-4,6-7H2,(H,15,17). The summed E-state index contributed by atoms with van der Waals surface area (Å²) >= 11 is 7.40. The van der Waals surface area contributed by atoms with E-state index in [1.54, 1.807) is 11.3 Å². The first-order chi connectivity index (χ1) is 8.70. The van der Waals surface area contributed by atoms with Crippen molar-refractivity contribution >= 4 is 28.8 Å². The zero-order valence-corrected chi connectivity index (χ0v) is 11.6. The van der Waals surface area contributed by atoms with Gasteiger partial charge in [0.1, 0.15) is 0 Å². The van der Waals surface area contributed by atoms with Gasteiger partial charge < -0.3 is 5.32 Å². The Morgan fingerprint density at radius 3 is 3.22 bits per heavy atom. The molecule has 0 aromatic carbocycles. The number of rotatable bonds is 2. The van der Waals surface area contributed by atoms with Gasteiger partial charge in [-0.25, -0.2) is 4.98 Å². The summed E-state index contributed by atoms with van der Waals surface area (Å²) in [5, 5.41) is 3.11. The SMILES string of the molecule is O=C1CCC2CN(Cc3cnc(Cl)s3)CCC2N1. The monoisotopic (exact) mass is 285 g/mol. The molecule has 4 nitrogen and oxygen atoms in total. The maximum absolute atomic E-state index is 11.3. The van der Waals surface area contributed by atoms with Crippen LogP contribution in [0.4, 0.5) is 0 Å². The summed E-state index contributed by atoms with van der Waals surface area (Å²) in [6.45, 7) is 3.04. The molecule has 0 bridgehead atoms. The van der Waals surface area contributed by atoms with Crippen LogP contribution in [0.15, 0.2) is 6.20 Å². The van der Waals surface area contributed by atoms with E-state index in [1.165, 1.54) is 4.88 Å². The molecule has 98 valence electrons. The topological polar surface area (TPSA) is 45.2 Å². The van der Waals surface area contributed by atoms with Gasteiger partial charge in [0.2, 0.25) is 5.91 Å². The average molecular weight is 286 g/mol. The summed E-state index contributed by atoms with van der Waals surface area (Å²) in [7, 11) is 0. The Kier molecular flexibility index (Phi) is 3.54. The number of carbonyl (C=O) groups excluding carboxylic acids is 1. The van der Waals surface area contributed by atoms with Crippen LogP contribution in [0.2, 0.25) is 4.47 Å². The van der Waals surface area contributed by atoms with Crippen LogP contribution in [0.1, 0.15) is 24.1 Å². The minimum atomic E-state index is 0.221. The Labute approximate surface area is 115 Å². The molecule has 2 atom stereocenters. The molecular weight excluding hydrogens is 270 g/mol. The minimum absolute atomic E-state index is 0.221. The Morgan fingerprint density at radius 1 is 1.56 bits per heavy atom. The van der Waals surface area contributed by atoms with E-state index in [0.717, 1.165) is 32.5 Å². The van der Waals surface area contributed by atoms with Crippen molar-refractivity contribution in [1.82, 2.24) is 15.2 Å². The maximum Gasteiger partial charge on any atom is 0.220 e. The second kappa shape index (κ2) is 5.15. The van der Waals surface area contributed by atoms with Crippen LogP contribution in [-0.4, -0.2) is 34.9 Å². The molecule has 1 aromatic rings. The van der Waals surface area contributed by atoms with Gasteiger partial charge in [-0.3, -0.25) is 9.69 Å². The Bertz CT molecular complexity index is 450. The predicted octanol–water partition coefficient (Wildman–Crippen LogP) is 1.90. The lowest BCUT2D eigenvalue weighted by Crippen LogP contribution is -2.53. The Balaban J connectivity index is 1.59. The first kappa shape index (κ1) is 12.4. The number of nitrogens with one attached hydrogen (secondary N) is 1. The molecule has 0 saturated carbocycles. The third-order valence-corrected chi connectivity index (χ3v) is 4.91. The fraction of sp³-hybridized carbons (Fsp3) is 0.667. The van der Waals surface area contributed by atoms with Crippen molar-refractivity contribution in [3.05, 3.63) is 15.5 Å². The molecule has 2 fully saturated rings. The molecule has 3 heterocycles. The summed E-state index contributed by atoms with van der Waals surface area (Å²) in [5.74, 6) is 0.832. The van der Waals surface area contributed by atoms with E-state index in [0.29, 0.717) is 22.8 Å². The zero-order valence-electron chi connectivity index (χ0n) is 10.1. The van der Waals surface area contributed by atoms with Gasteiger partial charge in [0, 0.05) is 43.2 Å². The first-order valence-corrected chi connectivity index (χ1v) is 7.52. The minimum Gasteiger partial charge on any atom is -0.353 e. The highest BCUT2D eigenvalue weighted by Crippen LogP contribution is 2.27. The van der Waals surface area contributed by atoms with Gasteiger partial charge in [0.15, 0.2) is 4.47 Å². The number of aromatic nitrogens is 1. The average Bonchev–Trinajstić information content (AvgIpc) is 2.75. The molecule has 6 heteroatoms. The van der Waals surface area contributed by atoms with Crippen LogP contribution < -0.4 is 5.32 Å². The number of likely N-dealkylation sites (tertiary alicyclic amines) is 1. The van der Waals surface area contributed by atoms with Crippen molar-refractivity contribution in [1.29, 1.82) is 0 Å². The van der Waals surface area contributed by atoms with Gasteiger partial charge in [-0.15, -0.1) is 11.3 Å². The molecule has 2 unspecified atom stereocenters. The van der Waals surface area contributed by atoms with Crippen molar-refractivity contribution in [3.8, 4) is 0 Å². The predicted molar refractivity (Wildman–Crippen MR) is 71.7 cm³/mol. The molecule has 2 saturated heterocycles. The van der Waals surface area contributed by atoms with Gasteiger partial charge in [-0.1, -0.05) is 11.6 Å². The highest BCUT2D eigenvalue weighted by molar-refractivity contribution is 7.15. The van der Waals surface area contributed by atoms with Crippen molar-refractivity contribution in [2.45, 2.75) is 31.8 Å². The first-order valence-electron chi connectivity index (χ1n) is 6.32. The third kappa shape index (κ3) is 2.68. The van der Waals surface area contributed by atoms with Crippen LogP contribution in [0.25, 0.3) is 0 Å². The Hall–Kier alpha value is -0.650. The highest BCUT2D eigenvalue weighted by Gasteiger charge is 2.33. The largest absolute Gasteiger partial charge is 0.353 e. The molecule has 2 aliphatic rings. The second-order valence-corrected chi connectivity index (χ2v) is 6.77. The van der Waals surface area contributed by atoms with E-state index >= 15 is 0 Å². The quantitative estimate of drug-likeness (QED) is 0.903. The molecular formula is C12H16ClN3OS. The van der Waals surface area contributed by atoms with E-state index in [2.05, 4.69) is 15.2 Å². The van der Waals surface area contributed by atoms with E-state index in [-0.39, 0.29) is 5.91 Å². The number of piperidine rings is 2. The van der Waals surface area contributed by atoms with Crippen LogP contribution in [0, 0.1) is 5.92 Å². The molecule has 2 aliphatic heterocycles. The molecule has 3 rings (SSSR count). The smallest absolute Gasteiger partial charge is 0.220 e. The van der Waals surface area contributed by atoms with Gasteiger partial charge in [0.05, 0.1) is 0 Å². The highest BCUT2D eigenvalue weighted by atomic mass is 35.5. The van der Waals surface area contributed by atoms with Crippen molar-refractivity contribution < 1.29 is 4.79 Å². The molecule has 0 spiro atoms. The number of carbonyl (C=O) groups is 1. The van der Waals surface area contributed by atoms with Crippen molar-refractivity contribution in [3.63, 3.8) is 0 Å². The lowest BCUT2D eigenvalue weighted by atomic mass is 9.85. The molecule has 0 aliphatic carbocycles. The van der Waals surface area contributed by atoms with E-state index in [4.69, 9.17) is 11.6 Å². The molecule has 1 aromatic heterocycles. The Morgan fingerprint density at radius 2 is 2.44 bits per heavy atom. The fourth-order valence-electron chi connectivity index (χ4n) is 2.91. The van der Waals surface area contributed by atoms with E-state index < -0.39 is 0 Å². The van der Waals surface area contributed by atoms with Gasteiger partial charge >= 0.3 is 0 Å². The number of hydrogen-bond acceptors (Lipinski definition) is 4. The molecule has 1 amide bonds. The summed E-state index contributed by atoms with van der Waals surface area (Å²) < 4.78 is 0.616. The van der Waals surface area contributed by atoms with Crippen molar-refractivity contribution in [2.24, 2.45) is 5.92 Å². The van der Waals surface area contributed by atoms with Gasteiger partial charge in [-0.2, -0.15) is 0 Å². The van der Waals surface area contributed by atoms with E-state index in [1.807, 2.05) is 6.20 Å². The lowest BCUT2D eigenvalue weighted by molar-refractivity contribution is -0.125. The van der Waals surface area contributed by atoms with Crippen LogP contribution in [0.5, 0.6) is 0 Å².